The summed E-state index contributed by atoms with van der Waals surface area (Å²) in [5, 5.41) is 7.71. The van der Waals surface area contributed by atoms with Gasteiger partial charge in [-0.15, -0.1) is 0 Å². The normalized spacial score (nSPS) is 20.1. The maximum absolute atomic E-state index is 11.9. The third-order valence-electron chi connectivity index (χ3n) is 4.61. The number of hydrogen-bond acceptors (Lipinski definition) is 4. The molecule has 1 amide bonds. The van der Waals surface area contributed by atoms with E-state index in [1.165, 1.54) is 0 Å². The van der Waals surface area contributed by atoms with Gasteiger partial charge in [-0.1, -0.05) is 30.3 Å². The first-order valence-corrected chi connectivity index (χ1v) is 8.06. The first-order chi connectivity index (χ1) is 11.8. The Bertz CT molecular complexity index is 875. The number of carbonyl (C=O) groups is 1. The lowest BCUT2D eigenvalue weighted by Crippen LogP contribution is -2.44. The van der Waals surface area contributed by atoms with Crippen LogP contribution in [0.4, 0.5) is 5.69 Å². The number of benzene rings is 1. The number of nitrogens with zero attached hydrogens (tertiary/aromatic N) is 2. The lowest BCUT2D eigenvalue weighted by molar-refractivity contribution is -0.119. The SMILES string of the molecule is O=C1CCC(CNc2ccnc3cnccc23)(c2ccccc2)N1. The summed E-state index contributed by atoms with van der Waals surface area (Å²) in [6, 6.07) is 14.1. The van der Waals surface area contributed by atoms with Gasteiger partial charge in [0, 0.05) is 36.4 Å². The van der Waals surface area contributed by atoms with Crippen molar-refractivity contribution in [3.63, 3.8) is 0 Å². The summed E-state index contributed by atoms with van der Waals surface area (Å²) in [6.45, 7) is 0.629. The van der Waals surface area contributed by atoms with Crippen molar-refractivity contribution < 1.29 is 4.79 Å². The van der Waals surface area contributed by atoms with E-state index in [9.17, 15) is 4.79 Å². The van der Waals surface area contributed by atoms with Crippen LogP contribution in [-0.4, -0.2) is 22.4 Å². The van der Waals surface area contributed by atoms with Gasteiger partial charge in [0.25, 0.3) is 0 Å². The van der Waals surface area contributed by atoms with Crippen LogP contribution < -0.4 is 10.6 Å². The molecule has 3 aromatic rings. The lowest BCUT2D eigenvalue weighted by atomic mass is 9.88. The summed E-state index contributed by atoms with van der Waals surface area (Å²) in [5.41, 5.74) is 2.61. The number of nitrogens with one attached hydrogen (secondary N) is 2. The molecule has 0 aliphatic carbocycles. The number of carbonyl (C=O) groups excluding carboxylic acids is 1. The molecule has 1 aliphatic rings. The minimum Gasteiger partial charge on any atom is -0.382 e. The molecule has 5 nitrogen and oxygen atoms in total. The fourth-order valence-corrected chi connectivity index (χ4v) is 3.33. The van der Waals surface area contributed by atoms with Crippen LogP contribution in [-0.2, 0) is 10.3 Å². The zero-order valence-electron chi connectivity index (χ0n) is 13.2. The fourth-order valence-electron chi connectivity index (χ4n) is 3.33. The minimum absolute atomic E-state index is 0.101. The molecule has 0 radical (unpaired) electrons. The largest absolute Gasteiger partial charge is 0.382 e. The van der Waals surface area contributed by atoms with E-state index in [1.54, 1.807) is 18.6 Å². The number of anilines is 1. The van der Waals surface area contributed by atoms with Crippen LogP contribution in [0.3, 0.4) is 0 Å². The third kappa shape index (κ3) is 2.58. The lowest BCUT2D eigenvalue weighted by Gasteiger charge is -2.30. The van der Waals surface area contributed by atoms with E-state index in [2.05, 4.69) is 32.7 Å². The first-order valence-electron chi connectivity index (χ1n) is 8.06. The molecule has 120 valence electrons. The standard InChI is InChI=1S/C19H18N4O/c24-18-6-9-19(23-18,14-4-2-1-3-5-14)13-22-16-8-11-21-17-12-20-10-7-15(16)17/h1-5,7-8,10-12H,6,9,13H2,(H,21,22)(H,23,24). The minimum atomic E-state index is -0.374. The zero-order chi connectivity index (χ0) is 16.4. The molecule has 1 atom stereocenters. The first kappa shape index (κ1) is 14.6. The number of aromatic nitrogens is 2. The van der Waals surface area contributed by atoms with E-state index in [0.29, 0.717) is 13.0 Å². The summed E-state index contributed by atoms with van der Waals surface area (Å²) in [6.07, 6.45) is 6.63. The van der Waals surface area contributed by atoms with Gasteiger partial charge < -0.3 is 10.6 Å². The Kier molecular flexibility index (Phi) is 3.61. The Hall–Kier alpha value is -2.95. The Labute approximate surface area is 140 Å². The summed E-state index contributed by atoms with van der Waals surface area (Å²) in [7, 11) is 0. The molecule has 1 saturated heterocycles. The van der Waals surface area contributed by atoms with Gasteiger partial charge in [0.15, 0.2) is 0 Å². The molecular weight excluding hydrogens is 300 g/mol. The van der Waals surface area contributed by atoms with Gasteiger partial charge in [-0.05, 0) is 24.1 Å². The van der Waals surface area contributed by atoms with Crippen molar-refractivity contribution in [1.29, 1.82) is 0 Å². The van der Waals surface area contributed by atoms with Crippen LogP contribution in [0.15, 0.2) is 61.1 Å². The summed E-state index contributed by atoms with van der Waals surface area (Å²) in [5.74, 6) is 0.101. The monoisotopic (exact) mass is 318 g/mol. The van der Waals surface area contributed by atoms with Gasteiger partial charge in [-0.3, -0.25) is 14.8 Å². The van der Waals surface area contributed by atoms with Gasteiger partial charge in [-0.25, -0.2) is 0 Å². The maximum Gasteiger partial charge on any atom is 0.220 e. The predicted molar refractivity (Wildman–Crippen MR) is 93.5 cm³/mol. The molecule has 24 heavy (non-hydrogen) atoms. The molecule has 0 bridgehead atoms. The number of fused-ring (bicyclic) bond motifs is 1. The Morgan fingerprint density at radius 2 is 2.00 bits per heavy atom. The highest BCUT2D eigenvalue weighted by atomic mass is 16.2. The van der Waals surface area contributed by atoms with E-state index < -0.39 is 0 Å². The van der Waals surface area contributed by atoms with Crippen LogP contribution in [0.25, 0.3) is 10.9 Å². The highest BCUT2D eigenvalue weighted by Gasteiger charge is 2.39. The van der Waals surface area contributed by atoms with E-state index >= 15 is 0 Å². The highest BCUT2D eigenvalue weighted by molar-refractivity contribution is 5.90. The molecule has 1 aromatic carbocycles. The maximum atomic E-state index is 11.9. The average molecular weight is 318 g/mol. The molecule has 4 rings (SSSR count). The molecule has 0 spiro atoms. The number of pyridine rings is 2. The number of hydrogen-bond donors (Lipinski definition) is 2. The van der Waals surface area contributed by atoms with E-state index in [-0.39, 0.29) is 11.4 Å². The second kappa shape index (κ2) is 5.92. The van der Waals surface area contributed by atoms with E-state index in [1.807, 2.05) is 30.3 Å². The van der Waals surface area contributed by atoms with E-state index in [0.717, 1.165) is 28.6 Å². The van der Waals surface area contributed by atoms with Crippen LogP contribution >= 0.6 is 0 Å². The highest BCUT2D eigenvalue weighted by Crippen LogP contribution is 2.32. The zero-order valence-corrected chi connectivity index (χ0v) is 13.2. The Balaban J connectivity index is 1.65. The van der Waals surface area contributed by atoms with Crippen molar-refractivity contribution in [3.05, 3.63) is 66.6 Å². The van der Waals surface area contributed by atoms with Crippen molar-refractivity contribution in [2.24, 2.45) is 0 Å². The van der Waals surface area contributed by atoms with Gasteiger partial charge in [0.1, 0.15) is 0 Å². The number of rotatable bonds is 4. The van der Waals surface area contributed by atoms with Crippen molar-refractivity contribution in [1.82, 2.24) is 15.3 Å². The molecule has 2 N–H and O–H groups in total. The second-order valence-electron chi connectivity index (χ2n) is 6.10. The van der Waals surface area contributed by atoms with Crippen molar-refractivity contribution >= 4 is 22.5 Å². The predicted octanol–water partition coefficient (Wildman–Crippen LogP) is 2.85. The third-order valence-corrected chi connectivity index (χ3v) is 4.61. The molecule has 3 heterocycles. The Morgan fingerprint density at radius 3 is 2.79 bits per heavy atom. The number of amides is 1. The van der Waals surface area contributed by atoms with Crippen molar-refractivity contribution in [3.8, 4) is 0 Å². The molecule has 5 heteroatoms. The second-order valence-corrected chi connectivity index (χ2v) is 6.10. The quantitative estimate of drug-likeness (QED) is 0.776. The fraction of sp³-hybridized carbons (Fsp3) is 0.211. The molecule has 1 unspecified atom stereocenters. The summed E-state index contributed by atoms with van der Waals surface area (Å²) < 4.78 is 0. The molecule has 1 fully saturated rings. The smallest absolute Gasteiger partial charge is 0.220 e. The summed E-state index contributed by atoms with van der Waals surface area (Å²) in [4.78, 5) is 20.4. The van der Waals surface area contributed by atoms with Crippen LogP contribution in [0, 0.1) is 0 Å². The topological polar surface area (TPSA) is 66.9 Å². The van der Waals surface area contributed by atoms with Gasteiger partial charge in [0.2, 0.25) is 5.91 Å². The molecule has 0 saturated carbocycles. The molecular formula is C19H18N4O. The van der Waals surface area contributed by atoms with Gasteiger partial charge in [-0.2, -0.15) is 0 Å². The Morgan fingerprint density at radius 1 is 1.12 bits per heavy atom. The average Bonchev–Trinajstić information content (AvgIpc) is 3.03. The van der Waals surface area contributed by atoms with Gasteiger partial charge in [0.05, 0.1) is 17.3 Å². The van der Waals surface area contributed by atoms with Crippen molar-refractivity contribution in [2.45, 2.75) is 18.4 Å². The molecule has 1 aliphatic heterocycles. The van der Waals surface area contributed by atoms with Crippen molar-refractivity contribution in [2.75, 3.05) is 11.9 Å². The van der Waals surface area contributed by atoms with E-state index in [4.69, 9.17) is 0 Å². The van der Waals surface area contributed by atoms with Gasteiger partial charge >= 0.3 is 0 Å². The van der Waals surface area contributed by atoms with Crippen LogP contribution in [0.2, 0.25) is 0 Å². The van der Waals surface area contributed by atoms with Crippen LogP contribution in [0.5, 0.6) is 0 Å². The van der Waals surface area contributed by atoms with Crippen LogP contribution in [0.1, 0.15) is 18.4 Å². The molecule has 2 aromatic heterocycles. The summed E-state index contributed by atoms with van der Waals surface area (Å²) >= 11 is 0.